The standard InChI is InChI=1S/C12H15N3O/c13-6-10-1-2-11(5-12(10)14)15-4-3-9(7-15)8-16/h1-2,5,9,16H,3-4,7-8,14H2. The summed E-state index contributed by atoms with van der Waals surface area (Å²) in [7, 11) is 0. The molecule has 1 fully saturated rings. The molecule has 16 heavy (non-hydrogen) atoms. The molecule has 4 nitrogen and oxygen atoms in total. The van der Waals surface area contributed by atoms with Crippen molar-refractivity contribution in [3.63, 3.8) is 0 Å². The first-order valence-electron chi connectivity index (χ1n) is 5.40. The lowest BCUT2D eigenvalue weighted by molar-refractivity contribution is 0.238. The van der Waals surface area contributed by atoms with Crippen LogP contribution in [0, 0.1) is 17.2 Å². The molecule has 1 aliphatic rings. The predicted octanol–water partition coefficient (Wildman–Crippen LogP) is 0.959. The third-order valence-electron chi connectivity index (χ3n) is 3.06. The van der Waals surface area contributed by atoms with Gasteiger partial charge in [-0.25, -0.2) is 0 Å². The SMILES string of the molecule is N#Cc1ccc(N2CCC(CO)C2)cc1N. The molecule has 1 unspecified atom stereocenters. The number of hydrogen-bond donors (Lipinski definition) is 2. The molecule has 84 valence electrons. The summed E-state index contributed by atoms with van der Waals surface area (Å²) in [5, 5.41) is 17.9. The van der Waals surface area contributed by atoms with Crippen molar-refractivity contribution >= 4 is 11.4 Å². The molecule has 0 aromatic heterocycles. The third-order valence-corrected chi connectivity index (χ3v) is 3.06. The van der Waals surface area contributed by atoms with Crippen LogP contribution < -0.4 is 10.6 Å². The predicted molar refractivity (Wildman–Crippen MR) is 63.0 cm³/mol. The van der Waals surface area contributed by atoms with Crippen LogP contribution in [0.5, 0.6) is 0 Å². The Morgan fingerprint density at radius 1 is 1.56 bits per heavy atom. The summed E-state index contributed by atoms with van der Waals surface area (Å²) in [5.74, 6) is 0.358. The zero-order chi connectivity index (χ0) is 11.5. The fourth-order valence-electron chi connectivity index (χ4n) is 2.06. The molecule has 0 amide bonds. The molecule has 0 spiro atoms. The molecule has 0 radical (unpaired) electrons. The molecule has 0 saturated carbocycles. The maximum absolute atomic E-state index is 9.07. The Balaban J connectivity index is 2.17. The van der Waals surface area contributed by atoms with Gasteiger partial charge in [0.1, 0.15) is 6.07 Å². The molecular formula is C12H15N3O. The lowest BCUT2D eigenvalue weighted by Crippen LogP contribution is -2.20. The summed E-state index contributed by atoms with van der Waals surface area (Å²) in [5.41, 5.74) is 7.84. The van der Waals surface area contributed by atoms with Crippen LogP contribution in [0.1, 0.15) is 12.0 Å². The second-order valence-corrected chi connectivity index (χ2v) is 4.17. The van der Waals surface area contributed by atoms with E-state index in [-0.39, 0.29) is 6.61 Å². The van der Waals surface area contributed by atoms with Crippen molar-refractivity contribution < 1.29 is 5.11 Å². The minimum Gasteiger partial charge on any atom is -0.398 e. The Hall–Kier alpha value is -1.73. The van der Waals surface area contributed by atoms with Gasteiger partial charge in [-0.15, -0.1) is 0 Å². The van der Waals surface area contributed by atoms with Crippen LogP contribution in [-0.4, -0.2) is 24.8 Å². The number of aliphatic hydroxyl groups is 1. The smallest absolute Gasteiger partial charge is 0.101 e. The Kier molecular flexibility index (Phi) is 2.97. The van der Waals surface area contributed by atoms with E-state index in [4.69, 9.17) is 16.1 Å². The van der Waals surface area contributed by atoms with Crippen LogP contribution in [-0.2, 0) is 0 Å². The van der Waals surface area contributed by atoms with Gasteiger partial charge in [-0.2, -0.15) is 5.26 Å². The number of anilines is 2. The largest absolute Gasteiger partial charge is 0.398 e. The number of nitrogens with two attached hydrogens (primary N) is 1. The first kappa shape index (κ1) is 10.8. The number of nitrogens with zero attached hydrogens (tertiary/aromatic N) is 2. The van der Waals surface area contributed by atoms with Crippen LogP contribution in [0.3, 0.4) is 0 Å². The lowest BCUT2D eigenvalue weighted by atomic mass is 10.1. The van der Waals surface area contributed by atoms with E-state index in [9.17, 15) is 0 Å². The number of nitrogen functional groups attached to an aromatic ring is 1. The second-order valence-electron chi connectivity index (χ2n) is 4.17. The third kappa shape index (κ3) is 1.95. The summed E-state index contributed by atoms with van der Waals surface area (Å²) in [6, 6.07) is 7.54. The lowest BCUT2D eigenvalue weighted by Gasteiger charge is -2.19. The van der Waals surface area contributed by atoms with Crippen LogP contribution in [0.25, 0.3) is 0 Å². The Morgan fingerprint density at radius 3 is 2.94 bits per heavy atom. The maximum atomic E-state index is 9.07. The van der Waals surface area contributed by atoms with Gasteiger partial charge in [0, 0.05) is 31.3 Å². The summed E-state index contributed by atoms with van der Waals surface area (Å²) >= 11 is 0. The molecule has 1 saturated heterocycles. The average Bonchev–Trinajstić information content (AvgIpc) is 2.77. The molecule has 1 aromatic rings. The van der Waals surface area contributed by atoms with E-state index in [1.54, 1.807) is 6.07 Å². The number of rotatable bonds is 2. The van der Waals surface area contributed by atoms with E-state index in [0.29, 0.717) is 17.2 Å². The molecule has 4 heteroatoms. The van der Waals surface area contributed by atoms with E-state index in [1.165, 1.54) is 0 Å². The van der Waals surface area contributed by atoms with E-state index < -0.39 is 0 Å². The van der Waals surface area contributed by atoms with E-state index >= 15 is 0 Å². The van der Waals surface area contributed by atoms with Gasteiger partial charge in [-0.3, -0.25) is 0 Å². The van der Waals surface area contributed by atoms with Crippen molar-refractivity contribution in [2.75, 3.05) is 30.3 Å². The molecule has 1 aliphatic heterocycles. The monoisotopic (exact) mass is 217 g/mol. The topological polar surface area (TPSA) is 73.3 Å². The van der Waals surface area contributed by atoms with Crippen LogP contribution >= 0.6 is 0 Å². The second kappa shape index (κ2) is 4.42. The Morgan fingerprint density at radius 2 is 2.38 bits per heavy atom. The van der Waals surface area contributed by atoms with Gasteiger partial charge < -0.3 is 15.7 Å². The fourth-order valence-corrected chi connectivity index (χ4v) is 2.06. The van der Waals surface area contributed by atoms with Crippen molar-refractivity contribution in [2.45, 2.75) is 6.42 Å². The molecular weight excluding hydrogens is 202 g/mol. The van der Waals surface area contributed by atoms with Crippen molar-refractivity contribution in [1.82, 2.24) is 0 Å². The van der Waals surface area contributed by atoms with Crippen LogP contribution in [0.4, 0.5) is 11.4 Å². The van der Waals surface area contributed by atoms with Gasteiger partial charge in [-0.1, -0.05) is 0 Å². The molecule has 1 aromatic carbocycles. The minimum absolute atomic E-state index is 0.238. The number of aliphatic hydroxyl groups excluding tert-OH is 1. The van der Waals surface area contributed by atoms with Crippen molar-refractivity contribution in [3.8, 4) is 6.07 Å². The molecule has 2 rings (SSSR count). The summed E-state index contributed by atoms with van der Waals surface area (Å²) in [4.78, 5) is 2.19. The molecule has 3 N–H and O–H groups in total. The van der Waals surface area contributed by atoms with Crippen molar-refractivity contribution in [3.05, 3.63) is 23.8 Å². The van der Waals surface area contributed by atoms with Crippen molar-refractivity contribution in [1.29, 1.82) is 5.26 Å². The molecule has 1 heterocycles. The molecule has 0 aliphatic carbocycles. The van der Waals surface area contributed by atoms with E-state index in [0.717, 1.165) is 25.2 Å². The van der Waals surface area contributed by atoms with Gasteiger partial charge in [0.2, 0.25) is 0 Å². The van der Waals surface area contributed by atoms with Gasteiger partial charge in [0.25, 0.3) is 0 Å². The van der Waals surface area contributed by atoms with Crippen LogP contribution in [0.2, 0.25) is 0 Å². The fraction of sp³-hybridized carbons (Fsp3) is 0.417. The van der Waals surface area contributed by atoms with Gasteiger partial charge in [0.15, 0.2) is 0 Å². The highest BCUT2D eigenvalue weighted by atomic mass is 16.3. The number of hydrogen-bond acceptors (Lipinski definition) is 4. The van der Waals surface area contributed by atoms with Gasteiger partial charge in [0.05, 0.1) is 11.3 Å². The highest BCUT2D eigenvalue weighted by Crippen LogP contribution is 2.26. The first-order chi connectivity index (χ1) is 7.74. The summed E-state index contributed by atoms with van der Waals surface area (Å²) in [6.45, 7) is 2.04. The van der Waals surface area contributed by atoms with Gasteiger partial charge in [-0.05, 0) is 24.6 Å². The van der Waals surface area contributed by atoms with E-state index in [2.05, 4.69) is 4.90 Å². The zero-order valence-electron chi connectivity index (χ0n) is 9.06. The highest BCUT2D eigenvalue weighted by Gasteiger charge is 2.22. The number of nitriles is 1. The summed E-state index contributed by atoms with van der Waals surface area (Å²) in [6.07, 6.45) is 1.01. The number of benzene rings is 1. The maximum Gasteiger partial charge on any atom is 0.101 e. The summed E-state index contributed by atoms with van der Waals surface area (Å²) < 4.78 is 0. The molecule has 1 atom stereocenters. The normalized spacial score (nSPS) is 19.8. The quantitative estimate of drug-likeness (QED) is 0.724. The van der Waals surface area contributed by atoms with Crippen LogP contribution in [0.15, 0.2) is 18.2 Å². The minimum atomic E-state index is 0.238. The molecule has 0 bridgehead atoms. The Bertz CT molecular complexity index is 425. The zero-order valence-corrected chi connectivity index (χ0v) is 9.06. The average molecular weight is 217 g/mol. The Labute approximate surface area is 94.9 Å². The van der Waals surface area contributed by atoms with E-state index in [1.807, 2.05) is 18.2 Å². The van der Waals surface area contributed by atoms with Gasteiger partial charge >= 0.3 is 0 Å². The first-order valence-corrected chi connectivity index (χ1v) is 5.40. The highest BCUT2D eigenvalue weighted by molar-refractivity contribution is 5.63. The van der Waals surface area contributed by atoms with Crippen molar-refractivity contribution in [2.24, 2.45) is 5.92 Å².